The highest BCUT2D eigenvalue weighted by Crippen LogP contribution is 2.32. The molecule has 41 heavy (non-hydrogen) atoms. The Morgan fingerprint density at radius 1 is 1.17 bits per heavy atom. The van der Waals surface area contributed by atoms with E-state index in [0.717, 1.165) is 0 Å². The first-order valence-corrected chi connectivity index (χ1v) is 13.2. The molecule has 214 valence electrons. The van der Waals surface area contributed by atoms with E-state index in [1.54, 1.807) is 79.0 Å². The van der Waals surface area contributed by atoms with Gasteiger partial charge in [0.25, 0.3) is 11.5 Å². The highest BCUT2D eigenvalue weighted by molar-refractivity contribution is 6.32. The SMILES string of the molecule is C=C/C=C\C(=C/C)n1c(=O)c(C(=O)Nc2ccc(Oc3ccnc(NC(=O)N4CCOCC4)c3)c(Cl)c2)c(C)n1C. The van der Waals surface area contributed by atoms with Crippen LogP contribution < -0.4 is 20.9 Å². The van der Waals surface area contributed by atoms with E-state index in [0.29, 0.717) is 60.7 Å². The van der Waals surface area contributed by atoms with Crippen molar-refractivity contribution in [3.8, 4) is 11.5 Å². The maximum Gasteiger partial charge on any atom is 0.323 e. The lowest BCUT2D eigenvalue weighted by molar-refractivity contribution is 0.0564. The number of hydrogen-bond acceptors (Lipinski definition) is 6. The first kappa shape index (κ1) is 29.4. The predicted octanol–water partition coefficient (Wildman–Crippen LogP) is 5.06. The standard InChI is InChI=1S/C29H31ClN6O5/c1-5-7-8-21(6-2)36-28(38)26(19(3)34(36)4)27(37)32-20-9-10-24(23(30)17-20)41-22-11-12-31-25(18-22)33-29(39)35-13-15-40-16-14-35/h5-12,17-18H,1,13-16H2,2-4H3,(H,32,37)(H,31,33,39)/b8-7-,21-6+. The summed E-state index contributed by atoms with van der Waals surface area (Å²) in [6.07, 6.45) is 8.33. The van der Waals surface area contributed by atoms with Crippen molar-refractivity contribution in [2.45, 2.75) is 13.8 Å². The number of carbonyl (C=O) groups excluding carboxylic acids is 2. The topological polar surface area (TPSA) is 120 Å². The number of allylic oxidation sites excluding steroid dienone is 5. The van der Waals surface area contributed by atoms with E-state index in [-0.39, 0.29) is 16.6 Å². The van der Waals surface area contributed by atoms with Crippen LogP contribution >= 0.6 is 11.6 Å². The lowest BCUT2D eigenvalue weighted by Gasteiger charge is -2.26. The summed E-state index contributed by atoms with van der Waals surface area (Å²) in [4.78, 5) is 44.7. The van der Waals surface area contributed by atoms with Crippen molar-refractivity contribution in [2.75, 3.05) is 36.9 Å². The number of carbonyl (C=O) groups is 2. The van der Waals surface area contributed by atoms with Crippen molar-refractivity contribution in [1.29, 1.82) is 0 Å². The van der Waals surface area contributed by atoms with Crippen LogP contribution in [0.1, 0.15) is 23.0 Å². The van der Waals surface area contributed by atoms with E-state index in [9.17, 15) is 14.4 Å². The molecule has 4 rings (SSSR count). The number of morpholine rings is 1. The molecule has 1 aliphatic rings. The van der Waals surface area contributed by atoms with Gasteiger partial charge in [0.2, 0.25) is 0 Å². The van der Waals surface area contributed by atoms with Crippen molar-refractivity contribution in [1.82, 2.24) is 19.2 Å². The van der Waals surface area contributed by atoms with Crippen LogP contribution in [-0.2, 0) is 11.8 Å². The van der Waals surface area contributed by atoms with Gasteiger partial charge in [-0.25, -0.2) is 14.5 Å². The number of amides is 3. The van der Waals surface area contributed by atoms with Crippen LogP contribution in [0.25, 0.3) is 5.70 Å². The summed E-state index contributed by atoms with van der Waals surface area (Å²) >= 11 is 6.46. The molecule has 1 saturated heterocycles. The molecule has 0 aliphatic carbocycles. The zero-order chi connectivity index (χ0) is 29.5. The average Bonchev–Trinajstić information content (AvgIpc) is 3.19. The van der Waals surface area contributed by atoms with Crippen molar-refractivity contribution in [3.63, 3.8) is 0 Å². The number of ether oxygens (including phenoxy) is 2. The van der Waals surface area contributed by atoms with E-state index in [2.05, 4.69) is 22.2 Å². The lowest BCUT2D eigenvalue weighted by atomic mass is 10.2. The highest BCUT2D eigenvalue weighted by Gasteiger charge is 2.23. The number of rotatable bonds is 8. The van der Waals surface area contributed by atoms with Gasteiger partial charge in [-0.1, -0.05) is 36.4 Å². The second kappa shape index (κ2) is 13.2. The van der Waals surface area contributed by atoms with Crippen molar-refractivity contribution in [3.05, 3.63) is 94.0 Å². The molecular formula is C29H31ClN6O5. The van der Waals surface area contributed by atoms with E-state index in [4.69, 9.17) is 21.1 Å². The molecule has 2 aromatic heterocycles. The molecule has 0 bridgehead atoms. The largest absolute Gasteiger partial charge is 0.456 e. The zero-order valence-electron chi connectivity index (χ0n) is 23.0. The number of nitrogens with one attached hydrogen (secondary N) is 2. The van der Waals surface area contributed by atoms with Gasteiger partial charge in [0.1, 0.15) is 22.9 Å². The second-order valence-electron chi connectivity index (χ2n) is 9.02. The molecule has 0 radical (unpaired) electrons. The second-order valence-corrected chi connectivity index (χ2v) is 9.42. The maximum atomic E-state index is 13.2. The van der Waals surface area contributed by atoms with E-state index < -0.39 is 11.5 Å². The molecule has 12 heteroatoms. The first-order valence-electron chi connectivity index (χ1n) is 12.9. The predicted molar refractivity (Wildman–Crippen MR) is 159 cm³/mol. The fourth-order valence-corrected chi connectivity index (χ4v) is 4.42. The summed E-state index contributed by atoms with van der Waals surface area (Å²) in [6.45, 7) is 9.15. The summed E-state index contributed by atoms with van der Waals surface area (Å²) in [7, 11) is 1.71. The summed E-state index contributed by atoms with van der Waals surface area (Å²) in [5.74, 6) is 0.487. The fourth-order valence-electron chi connectivity index (χ4n) is 4.20. The molecule has 11 nitrogen and oxygen atoms in total. The summed E-state index contributed by atoms with van der Waals surface area (Å²) in [5, 5.41) is 5.73. The number of benzene rings is 1. The third-order valence-electron chi connectivity index (χ3n) is 6.41. The number of halogens is 1. The summed E-state index contributed by atoms with van der Waals surface area (Å²) < 4.78 is 14.2. The van der Waals surface area contributed by atoms with Crippen molar-refractivity contribution in [2.24, 2.45) is 7.05 Å². The Balaban J connectivity index is 1.47. The van der Waals surface area contributed by atoms with Gasteiger partial charge < -0.3 is 19.7 Å². The van der Waals surface area contributed by atoms with Gasteiger partial charge in [-0.3, -0.25) is 19.6 Å². The lowest BCUT2D eigenvalue weighted by Crippen LogP contribution is -2.43. The third kappa shape index (κ3) is 6.76. The monoisotopic (exact) mass is 578 g/mol. The Bertz CT molecular complexity index is 1580. The van der Waals surface area contributed by atoms with Gasteiger partial charge in [-0.2, -0.15) is 0 Å². The Hall–Kier alpha value is -4.61. The number of urea groups is 1. The molecule has 3 heterocycles. The minimum absolute atomic E-state index is 0.0127. The average molecular weight is 579 g/mol. The normalized spacial score (nSPS) is 13.8. The Morgan fingerprint density at radius 3 is 2.61 bits per heavy atom. The van der Waals surface area contributed by atoms with Gasteiger partial charge >= 0.3 is 6.03 Å². The van der Waals surface area contributed by atoms with Crippen LogP contribution in [0.15, 0.2) is 72.2 Å². The highest BCUT2D eigenvalue weighted by atomic mass is 35.5. The van der Waals surface area contributed by atoms with E-state index in [1.165, 1.54) is 16.9 Å². The molecule has 3 aromatic rings. The van der Waals surface area contributed by atoms with Gasteiger partial charge in [0.05, 0.1) is 29.6 Å². The molecule has 2 N–H and O–H groups in total. The Labute approximate surface area is 242 Å². The Kier molecular flexibility index (Phi) is 9.43. The quantitative estimate of drug-likeness (QED) is 0.361. The summed E-state index contributed by atoms with van der Waals surface area (Å²) in [6, 6.07) is 7.67. The van der Waals surface area contributed by atoms with Crippen LogP contribution in [0, 0.1) is 6.92 Å². The minimum atomic E-state index is -0.565. The molecular weight excluding hydrogens is 548 g/mol. The number of pyridine rings is 1. The number of anilines is 2. The van der Waals surface area contributed by atoms with E-state index in [1.807, 2.05) is 0 Å². The van der Waals surface area contributed by atoms with Crippen LogP contribution in [0.2, 0.25) is 5.02 Å². The van der Waals surface area contributed by atoms with Crippen LogP contribution in [-0.4, -0.2) is 57.5 Å². The number of nitrogens with zero attached hydrogens (tertiary/aromatic N) is 4. The van der Waals surface area contributed by atoms with Crippen LogP contribution in [0.4, 0.5) is 16.3 Å². The first-order chi connectivity index (χ1) is 19.7. The Morgan fingerprint density at radius 2 is 1.93 bits per heavy atom. The molecule has 1 fully saturated rings. The van der Waals surface area contributed by atoms with Crippen molar-refractivity contribution < 1.29 is 19.1 Å². The smallest absolute Gasteiger partial charge is 0.323 e. The molecule has 0 saturated carbocycles. The number of aromatic nitrogens is 3. The van der Waals surface area contributed by atoms with E-state index >= 15 is 0 Å². The third-order valence-corrected chi connectivity index (χ3v) is 6.70. The van der Waals surface area contributed by atoms with Gasteiger partial charge in [0.15, 0.2) is 0 Å². The minimum Gasteiger partial charge on any atom is -0.456 e. The van der Waals surface area contributed by atoms with Gasteiger partial charge in [-0.15, -0.1) is 0 Å². The van der Waals surface area contributed by atoms with Gasteiger partial charge in [0, 0.05) is 38.1 Å². The van der Waals surface area contributed by atoms with Crippen LogP contribution in [0.5, 0.6) is 11.5 Å². The molecule has 1 aromatic carbocycles. The maximum absolute atomic E-state index is 13.2. The molecule has 3 amide bonds. The fraction of sp³-hybridized carbons (Fsp3) is 0.241. The number of hydrogen-bond donors (Lipinski definition) is 2. The summed E-state index contributed by atoms with van der Waals surface area (Å²) in [5.41, 5.74) is 1.04. The molecule has 0 atom stereocenters. The molecule has 0 spiro atoms. The van der Waals surface area contributed by atoms with Gasteiger partial charge in [-0.05, 0) is 44.2 Å². The van der Waals surface area contributed by atoms with Crippen LogP contribution in [0.3, 0.4) is 0 Å². The zero-order valence-corrected chi connectivity index (χ0v) is 23.8. The molecule has 1 aliphatic heterocycles. The van der Waals surface area contributed by atoms with Crippen molar-refractivity contribution >= 4 is 40.7 Å². The molecule has 0 unspecified atom stereocenters.